The van der Waals surface area contributed by atoms with E-state index in [4.69, 9.17) is 0 Å². The Hall–Kier alpha value is -1.06. The maximum atomic E-state index is 3.54. The number of rotatable bonds is 6. The van der Waals surface area contributed by atoms with Crippen molar-refractivity contribution < 1.29 is 0 Å². The van der Waals surface area contributed by atoms with E-state index in [0.29, 0.717) is 12.1 Å². The second-order valence-electron chi connectivity index (χ2n) is 6.09. The molecule has 0 bridgehead atoms. The fourth-order valence-corrected chi connectivity index (χ4v) is 3.30. The Morgan fingerprint density at radius 3 is 2.80 bits per heavy atom. The van der Waals surface area contributed by atoms with Crippen LogP contribution < -0.4 is 10.2 Å². The summed E-state index contributed by atoms with van der Waals surface area (Å²) in [7, 11) is 4.34. The van der Waals surface area contributed by atoms with Crippen molar-refractivity contribution in [2.45, 2.75) is 38.8 Å². The van der Waals surface area contributed by atoms with Crippen LogP contribution in [0, 0.1) is 0 Å². The van der Waals surface area contributed by atoms with E-state index in [-0.39, 0.29) is 0 Å². The second-order valence-corrected chi connectivity index (χ2v) is 6.09. The summed E-state index contributed by atoms with van der Waals surface area (Å²) in [5, 5.41) is 3.54. The van der Waals surface area contributed by atoms with Gasteiger partial charge in [0.05, 0.1) is 0 Å². The monoisotopic (exact) mass is 275 g/mol. The van der Waals surface area contributed by atoms with Crippen LogP contribution >= 0.6 is 0 Å². The molecule has 3 nitrogen and oxygen atoms in total. The molecule has 2 unspecified atom stereocenters. The highest BCUT2D eigenvalue weighted by atomic mass is 15.2. The van der Waals surface area contributed by atoms with Crippen LogP contribution in [0.25, 0.3) is 0 Å². The van der Waals surface area contributed by atoms with Crippen LogP contribution in [0.1, 0.15) is 38.3 Å². The van der Waals surface area contributed by atoms with E-state index in [1.54, 1.807) is 0 Å². The van der Waals surface area contributed by atoms with Gasteiger partial charge in [-0.2, -0.15) is 0 Å². The van der Waals surface area contributed by atoms with Crippen LogP contribution in [0.2, 0.25) is 0 Å². The molecule has 1 N–H and O–H groups in total. The third-order valence-corrected chi connectivity index (χ3v) is 4.18. The summed E-state index contributed by atoms with van der Waals surface area (Å²) in [6.07, 6.45) is 2.62. The minimum Gasteiger partial charge on any atom is -0.367 e. The number of likely N-dealkylation sites (N-methyl/N-ethyl adjacent to an activating group) is 1. The Balaban J connectivity index is 2.22. The van der Waals surface area contributed by atoms with Gasteiger partial charge in [-0.3, -0.25) is 0 Å². The van der Waals surface area contributed by atoms with Crippen molar-refractivity contribution in [3.8, 4) is 0 Å². The zero-order valence-electron chi connectivity index (χ0n) is 13.4. The quantitative estimate of drug-likeness (QED) is 0.861. The number of hydrogen-bond acceptors (Lipinski definition) is 3. The molecule has 0 saturated carbocycles. The molecule has 2 atom stereocenters. The zero-order valence-corrected chi connectivity index (χ0v) is 13.4. The predicted molar refractivity (Wildman–Crippen MR) is 87.5 cm³/mol. The summed E-state index contributed by atoms with van der Waals surface area (Å²) in [4.78, 5) is 4.92. The smallest absolute Gasteiger partial charge is 0.0417 e. The van der Waals surface area contributed by atoms with Gasteiger partial charge in [0, 0.05) is 30.9 Å². The fourth-order valence-electron chi connectivity index (χ4n) is 3.30. The highest BCUT2D eigenvalue weighted by Gasteiger charge is 2.27. The molecular weight excluding hydrogens is 246 g/mol. The lowest BCUT2D eigenvalue weighted by Crippen LogP contribution is -2.38. The Morgan fingerprint density at radius 1 is 1.35 bits per heavy atom. The van der Waals surface area contributed by atoms with Crippen molar-refractivity contribution in [2.24, 2.45) is 0 Å². The summed E-state index contributed by atoms with van der Waals surface area (Å²) in [6, 6.07) is 9.95. The molecule has 2 rings (SSSR count). The van der Waals surface area contributed by atoms with Crippen LogP contribution in [0.5, 0.6) is 0 Å². The minimum absolute atomic E-state index is 0.414. The first-order chi connectivity index (χ1) is 9.63. The lowest BCUT2D eigenvalue weighted by atomic mass is 10.0. The number of benzene rings is 1. The molecule has 0 spiro atoms. The third kappa shape index (κ3) is 3.53. The van der Waals surface area contributed by atoms with Gasteiger partial charge in [-0.25, -0.2) is 0 Å². The van der Waals surface area contributed by atoms with Gasteiger partial charge < -0.3 is 15.1 Å². The van der Waals surface area contributed by atoms with Gasteiger partial charge in [0.1, 0.15) is 0 Å². The predicted octanol–water partition coefficient (Wildman–Crippen LogP) is 2.89. The Kier molecular flexibility index (Phi) is 5.44. The molecule has 0 aromatic heterocycles. The molecule has 1 saturated heterocycles. The largest absolute Gasteiger partial charge is 0.367 e. The third-order valence-electron chi connectivity index (χ3n) is 4.18. The first-order valence-electron chi connectivity index (χ1n) is 7.87. The topological polar surface area (TPSA) is 18.5 Å². The van der Waals surface area contributed by atoms with Crippen molar-refractivity contribution >= 4 is 5.69 Å². The van der Waals surface area contributed by atoms with Crippen LogP contribution in [-0.2, 0) is 0 Å². The summed E-state index contributed by atoms with van der Waals surface area (Å²) < 4.78 is 0. The number of hydrogen-bond donors (Lipinski definition) is 1. The summed E-state index contributed by atoms with van der Waals surface area (Å²) >= 11 is 0. The van der Waals surface area contributed by atoms with Crippen molar-refractivity contribution in [1.29, 1.82) is 0 Å². The summed E-state index contributed by atoms with van der Waals surface area (Å²) in [6.45, 7) is 7.78. The number of nitrogens with zero attached hydrogens (tertiary/aromatic N) is 2. The van der Waals surface area contributed by atoms with Gasteiger partial charge in [0.25, 0.3) is 0 Å². The van der Waals surface area contributed by atoms with Gasteiger partial charge in [-0.1, -0.05) is 25.1 Å². The molecule has 0 aliphatic carbocycles. The highest BCUT2D eigenvalue weighted by Crippen LogP contribution is 2.32. The fraction of sp³-hybridized carbons (Fsp3) is 0.647. The number of para-hydroxylation sites is 1. The van der Waals surface area contributed by atoms with Gasteiger partial charge in [0.2, 0.25) is 0 Å². The average Bonchev–Trinajstić information content (AvgIpc) is 2.86. The first kappa shape index (κ1) is 15.3. The SMILES string of the molecule is CCNC(C)c1ccccc1N1CCCC1CN(C)C. The van der Waals surface area contributed by atoms with Crippen LogP contribution in [0.3, 0.4) is 0 Å². The lowest BCUT2D eigenvalue weighted by Gasteiger charge is -2.32. The van der Waals surface area contributed by atoms with E-state index >= 15 is 0 Å². The van der Waals surface area contributed by atoms with Gasteiger partial charge in [0.15, 0.2) is 0 Å². The van der Waals surface area contributed by atoms with Crippen molar-refractivity contribution in [1.82, 2.24) is 10.2 Å². The van der Waals surface area contributed by atoms with Crippen LogP contribution in [0.4, 0.5) is 5.69 Å². The Labute approximate surface area is 124 Å². The molecule has 1 aromatic rings. The maximum absolute atomic E-state index is 3.54. The van der Waals surface area contributed by atoms with Gasteiger partial charge in [-0.15, -0.1) is 0 Å². The van der Waals surface area contributed by atoms with Gasteiger partial charge in [-0.05, 0) is 52.0 Å². The number of nitrogens with one attached hydrogen (secondary N) is 1. The molecule has 20 heavy (non-hydrogen) atoms. The standard InChI is InChI=1S/C17H29N3/c1-5-18-14(2)16-10-6-7-11-17(16)20-12-8-9-15(20)13-19(3)4/h6-7,10-11,14-15,18H,5,8-9,12-13H2,1-4H3. The highest BCUT2D eigenvalue weighted by molar-refractivity contribution is 5.56. The van der Waals surface area contributed by atoms with E-state index in [2.05, 4.69) is 67.3 Å². The average molecular weight is 275 g/mol. The molecule has 1 aliphatic rings. The number of anilines is 1. The molecule has 3 heteroatoms. The normalized spacial score (nSPS) is 20.6. The molecule has 0 radical (unpaired) electrons. The van der Waals surface area contributed by atoms with E-state index in [1.807, 2.05) is 0 Å². The van der Waals surface area contributed by atoms with E-state index in [9.17, 15) is 0 Å². The second kappa shape index (κ2) is 7.09. The van der Waals surface area contributed by atoms with E-state index in [1.165, 1.54) is 30.6 Å². The first-order valence-corrected chi connectivity index (χ1v) is 7.87. The Morgan fingerprint density at radius 2 is 2.10 bits per heavy atom. The van der Waals surface area contributed by atoms with Crippen molar-refractivity contribution in [3.05, 3.63) is 29.8 Å². The summed E-state index contributed by atoms with van der Waals surface area (Å²) in [5.41, 5.74) is 2.85. The van der Waals surface area contributed by atoms with Gasteiger partial charge >= 0.3 is 0 Å². The van der Waals surface area contributed by atoms with E-state index < -0.39 is 0 Å². The minimum atomic E-state index is 0.414. The molecule has 1 aromatic carbocycles. The molecule has 1 fully saturated rings. The van der Waals surface area contributed by atoms with Crippen LogP contribution in [-0.4, -0.2) is 44.7 Å². The lowest BCUT2D eigenvalue weighted by molar-refractivity contribution is 0.372. The molecule has 1 heterocycles. The van der Waals surface area contributed by atoms with E-state index in [0.717, 1.165) is 13.1 Å². The molecule has 0 amide bonds. The zero-order chi connectivity index (χ0) is 14.5. The molecular formula is C17H29N3. The molecule has 112 valence electrons. The van der Waals surface area contributed by atoms with Crippen molar-refractivity contribution in [2.75, 3.05) is 38.6 Å². The summed E-state index contributed by atoms with van der Waals surface area (Å²) in [5.74, 6) is 0. The maximum Gasteiger partial charge on any atom is 0.0417 e. The van der Waals surface area contributed by atoms with Crippen LogP contribution in [0.15, 0.2) is 24.3 Å². The Bertz CT molecular complexity index is 416. The van der Waals surface area contributed by atoms with Crippen molar-refractivity contribution in [3.63, 3.8) is 0 Å². The molecule has 1 aliphatic heterocycles.